The van der Waals surface area contributed by atoms with Gasteiger partial charge in [0.1, 0.15) is 5.00 Å². The molecule has 120 valence electrons. The maximum atomic E-state index is 12.7. The molecule has 5 heteroatoms. The number of rotatable bonds is 3. The molecule has 1 N–H and O–H groups in total. The Kier molecular flexibility index (Phi) is 3.58. The number of fused-ring (bicyclic) bond motifs is 2. The Morgan fingerprint density at radius 3 is 2.67 bits per heavy atom. The molecule has 4 nitrogen and oxygen atoms in total. The highest BCUT2D eigenvalue weighted by atomic mass is 32.1. The summed E-state index contributed by atoms with van der Waals surface area (Å²) >= 11 is 1.35. The molecule has 24 heavy (non-hydrogen) atoms. The van der Waals surface area contributed by atoms with E-state index in [1.54, 1.807) is 6.07 Å². The molecule has 1 heterocycles. The molecular weight excluding hydrogens is 322 g/mol. The molecule has 0 radical (unpaired) electrons. The van der Waals surface area contributed by atoms with Gasteiger partial charge in [-0.25, -0.2) is 0 Å². The lowest BCUT2D eigenvalue weighted by Crippen LogP contribution is -2.25. The van der Waals surface area contributed by atoms with Crippen molar-refractivity contribution >= 4 is 39.0 Å². The quantitative estimate of drug-likeness (QED) is 0.799. The Labute approximate surface area is 142 Å². The van der Waals surface area contributed by atoms with Crippen LogP contribution in [0.5, 0.6) is 0 Å². The lowest BCUT2D eigenvalue weighted by Gasteiger charge is -2.10. The summed E-state index contributed by atoms with van der Waals surface area (Å²) < 4.78 is 0. The van der Waals surface area contributed by atoms with Gasteiger partial charge in [-0.1, -0.05) is 36.4 Å². The molecule has 3 aromatic rings. The van der Waals surface area contributed by atoms with Crippen molar-refractivity contribution in [2.24, 2.45) is 0 Å². The number of hydrogen-bond acceptors (Lipinski definition) is 4. The van der Waals surface area contributed by atoms with Crippen molar-refractivity contribution < 1.29 is 14.7 Å². The number of hydrogen-bond donors (Lipinski definition) is 1. The molecule has 1 aliphatic carbocycles. The van der Waals surface area contributed by atoms with Gasteiger partial charge in [-0.05, 0) is 41.7 Å². The number of nitrogens with one attached hydrogen (secondary N) is 1. The summed E-state index contributed by atoms with van der Waals surface area (Å²) in [5, 5.41) is 16.5. The second kappa shape index (κ2) is 5.76. The number of carboxylic acids is 1. The van der Waals surface area contributed by atoms with E-state index in [2.05, 4.69) is 5.32 Å². The van der Waals surface area contributed by atoms with Gasteiger partial charge < -0.3 is 15.2 Å². The Balaban J connectivity index is 1.73. The predicted octanol–water partition coefficient (Wildman–Crippen LogP) is 3.01. The summed E-state index contributed by atoms with van der Waals surface area (Å²) in [6.45, 7) is 0. The van der Waals surface area contributed by atoms with E-state index in [1.807, 2.05) is 36.4 Å². The van der Waals surface area contributed by atoms with Crippen LogP contribution in [-0.2, 0) is 12.8 Å². The Morgan fingerprint density at radius 1 is 1.04 bits per heavy atom. The van der Waals surface area contributed by atoms with Crippen LogP contribution in [0.15, 0.2) is 42.5 Å². The van der Waals surface area contributed by atoms with Crippen molar-refractivity contribution in [3.8, 4) is 0 Å². The third kappa shape index (κ3) is 2.37. The minimum Gasteiger partial charge on any atom is -0.545 e. The number of carboxylic acid groups (broad SMARTS) is 1. The second-order valence-electron chi connectivity index (χ2n) is 5.83. The second-order valence-corrected chi connectivity index (χ2v) is 6.93. The first-order chi connectivity index (χ1) is 11.6. The van der Waals surface area contributed by atoms with Crippen LogP contribution in [0.4, 0.5) is 5.00 Å². The minimum absolute atomic E-state index is 0.154. The average Bonchev–Trinajstić information content (AvgIpc) is 3.14. The fourth-order valence-corrected chi connectivity index (χ4v) is 4.57. The van der Waals surface area contributed by atoms with Crippen LogP contribution in [0.1, 0.15) is 37.6 Å². The Hall–Kier alpha value is -2.66. The van der Waals surface area contributed by atoms with E-state index in [4.69, 9.17) is 0 Å². The van der Waals surface area contributed by atoms with Crippen LogP contribution < -0.4 is 10.4 Å². The summed E-state index contributed by atoms with van der Waals surface area (Å²) in [4.78, 5) is 25.3. The molecule has 0 bridgehead atoms. The van der Waals surface area contributed by atoms with Crippen LogP contribution in [0, 0.1) is 0 Å². The number of thiophene rings is 1. The average molecular weight is 336 g/mol. The first-order valence-electron chi connectivity index (χ1n) is 7.80. The van der Waals surface area contributed by atoms with Gasteiger partial charge in [0.15, 0.2) is 0 Å². The number of aromatic carboxylic acids is 1. The van der Waals surface area contributed by atoms with Crippen molar-refractivity contribution in [2.75, 3.05) is 5.32 Å². The van der Waals surface area contributed by atoms with Crippen molar-refractivity contribution in [3.05, 3.63) is 64.0 Å². The molecule has 0 aliphatic heterocycles. The number of benzene rings is 2. The molecule has 0 unspecified atom stereocenters. The zero-order chi connectivity index (χ0) is 16.7. The van der Waals surface area contributed by atoms with Gasteiger partial charge >= 0.3 is 0 Å². The van der Waals surface area contributed by atoms with E-state index < -0.39 is 5.97 Å². The number of amides is 1. The van der Waals surface area contributed by atoms with E-state index >= 15 is 0 Å². The first kappa shape index (κ1) is 14.9. The van der Waals surface area contributed by atoms with E-state index in [0.29, 0.717) is 10.6 Å². The van der Waals surface area contributed by atoms with Crippen molar-refractivity contribution in [1.82, 2.24) is 0 Å². The molecule has 1 aromatic heterocycles. The van der Waals surface area contributed by atoms with E-state index in [9.17, 15) is 14.7 Å². The molecule has 0 fully saturated rings. The van der Waals surface area contributed by atoms with Crippen LogP contribution in [0.3, 0.4) is 0 Å². The standard InChI is InChI=1S/C19H15NO3S/c21-17(13-8-3-6-11-5-1-2-7-12(11)13)20-18-16(19(22)23)14-9-4-10-15(14)24-18/h1-3,5-8H,4,9-10H2,(H,20,21)(H,22,23)/p-1. The molecule has 0 spiro atoms. The van der Waals surface area contributed by atoms with Crippen LogP contribution >= 0.6 is 11.3 Å². The predicted molar refractivity (Wildman–Crippen MR) is 92.6 cm³/mol. The molecule has 2 aromatic carbocycles. The van der Waals surface area contributed by atoms with E-state index in [1.165, 1.54) is 11.3 Å². The first-order valence-corrected chi connectivity index (χ1v) is 8.62. The number of carbonyl (C=O) groups is 2. The van der Waals surface area contributed by atoms with E-state index in [0.717, 1.165) is 40.5 Å². The highest BCUT2D eigenvalue weighted by Gasteiger charge is 2.24. The zero-order valence-corrected chi connectivity index (χ0v) is 13.6. The van der Waals surface area contributed by atoms with Crippen molar-refractivity contribution in [3.63, 3.8) is 0 Å². The molecule has 0 saturated carbocycles. The summed E-state index contributed by atoms with van der Waals surface area (Å²) in [6.07, 6.45) is 2.56. The highest BCUT2D eigenvalue weighted by Crippen LogP contribution is 2.39. The SMILES string of the molecule is O=C([O-])c1c(NC(=O)c2cccc3ccccc23)sc2c1CCC2. The highest BCUT2D eigenvalue weighted by molar-refractivity contribution is 7.17. The Bertz CT molecular complexity index is 969. The van der Waals surface area contributed by atoms with Crippen LogP contribution in [0.25, 0.3) is 10.8 Å². The van der Waals surface area contributed by atoms with Gasteiger partial charge in [0.2, 0.25) is 0 Å². The summed E-state index contributed by atoms with van der Waals surface area (Å²) in [7, 11) is 0. The molecule has 4 rings (SSSR count). The maximum Gasteiger partial charge on any atom is 0.256 e. The van der Waals surface area contributed by atoms with Gasteiger partial charge in [-0.15, -0.1) is 11.3 Å². The zero-order valence-electron chi connectivity index (χ0n) is 12.8. The minimum atomic E-state index is -1.22. The summed E-state index contributed by atoms with van der Waals surface area (Å²) in [5.41, 5.74) is 1.51. The van der Waals surface area contributed by atoms with Gasteiger partial charge in [0, 0.05) is 16.0 Å². The normalized spacial score (nSPS) is 13.0. The summed E-state index contributed by atoms with van der Waals surface area (Å²) in [6, 6.07) is 13.1. The fourth-order valence-electron chi connectivity index (χ4n) is 3.30. The largest absolute Gasteiger partial charge is 0.545 e. The molecule has 0 saturated heterocycles. The Morgan fingerprint density at radius 2 is 1.83 bits per heavy atom. The summed E-state index contributed by atoms with van der Waals surface area (Å²) in [5.74, 6) is -1.52. The fraction of sp³-hybridized carbons (Fsp3) is 0.158. The molecule has 1 aliphatic rings. The topological polar surface area (TPSA) is 69.2 Å². The number of aryl methyl sites for hydroxylation is 1. The molecular formula is C19H14NO3S-. The monoisotopic (exact) mass is 336 g/mol. The molecule has 0 atom stereocenters. The van der Waals surface area contributed by atoms with Crippen molar-refractivity contribution in [2.45, 2.75) is 19.3 Å². The number of anilines is 1. The molecule has 1 amide bonds. The maximum absolute atomic E-state index is 12.7. The van der Waals surface area contributed by atoms with Gasteiger partial charge in [0.25, 0.3) is 5.91 Å². The van der Waals surface area contributed by atoms with Crippen LogP contribution in [0.2, 0.25) is 0 Å². The van der Waals surface area contributed by atoms with Crippen molar-refractivity contribution in [1.29, 1.82) is 0 Å². The van der Waals surface area contributed by atoms with Crippen LogP contribution in [-0.4, -0.2) is 11.9 Å². The lowest BCUT2D eigenvalue weighted by atomic mass is 10.0. The third-order valence-electron chi connectivity index (χ3n) is 4.39. The van der Waals surface area contributed by atoms with Gasteiger partial charge in [-0.2, -0.15) is 0 Å². The smallest absolute Gasteiger partial charge is 0.256 e. The number of carbonyl (C=O) groups excluding carboxylic acids is 2. The third-order valence-corrected chi connectivity index (χ3v) is 5.59. The van der Waals surface area contributed by atoms with E-state index in [-0.39, 0.29) is 11.5 Å². The van der Waals surface area contributed by atoms with Gasteiger partial charge in [0.05, 0.1) is 5.97 Å². The lowest BCUT2D eigenvalue weighted by molar-refractivity contribution is -0.254. The van der Waals surface area contributed by atoms with Gasteiger partial charge in [-0.3, -0.25) is 4.79 Å².